The summed E-state index contributed by atoms with van der Waals surface area (Å²) in [6.45, 7) is 6.64. The van der Waals surface area contributed by atoms with Crippen molar-refractivity contribution < 1.29 is 9.53 Å². The van der Waals surface area contributed by atoms with Crippen LogP contribution in [0.3, 0.4) is 0 Å². The normalized spacial score (nSPS) is 11.1. The van der Waals surface area contributed by atoms with Crippen LogP contribution in [0.25, 0.3) is 16.6 Å². The SMILES string of the molecule is CCOc1ccc(NC(=O)CSc2nnc3c(C)cc4ccc(C)cc4n23)cc1. The van der Waals surface area contributed by atoms with Gasteiger partial charge >= 0.3 is 0 Å². The summed E-state index contributed by atoms with van der Waals surface area (Å²) in [5.74, 6) is 0.936. The minimum atomic E-state index is -0.0935. The zero-order chi connectivity index (χ0) is 20.4. The van der Waals surface area contributed by atoms with Crippen molar-refractivity contribution >= 4 is 39.9 Å². The molecule has 0 saturated carbocycles. The third-order valence-electron chi connectivity index (χ3n) is 4.57. The van der Waals surface area contributed by atoms with Crippen LogP contribution < -0.4 is 10.1 Å². The summed E-state index contributed by atoms with van der Waals surface area (Å²) in [6.07, 6.45) is 0. The molecule has 0 aliphatic carbocycles. The molecule has 0 unspecified atom stereocenters. The number of pyridine rings is 1. The molecule has 6 nitrogen and oxygen atoms in total. The van der Waals surface area contributed by atoms with Gasteiger partial charge in [0.25, 0.3) is 0 Å². The van der Waals surface area contributed by atoms with Crippen molar-refractivity contribution in [2.75, 3.05) is 17.7 Å². The van der Waals surface area contributed by atoms with E-state index in [4.69, 9.17) is 4.74 Å². The van der Waals surface area contributed by atoms with Gasteiger partial charge in [0.15, 0.2) is 10.8 Å². The summed E-state index contributed by atoms with van der Waals surface area (Å²) in [5, 5.41) is 13.4. The number of rotatable bonds is 6. The topological polar surface area (TPSA) is 68.5 Å². The third kappa shape index (κ3) is 4.05. The van der Waals surface area contributed by atoms with Crippen LogP contribution in [0.1, 0.15) is 18.1 Å². The van der Waals surface area contributed by atoms with E-state index in [1.54, 1.807) is 0 Å². The highest BCUT2D eigenvalue weighted by molar-refractivity contribution is 7.99. The zero-order valence-corrected chi connectivity index (χ0v) is 17.4. The molecule has 4 rings (SSSR count). The Morgan fingerprint density at radius 2 is 1.90 bits per heavy atom. The fraction of sp³-hybridized carbons (Fsp3) is 0.227. The first-order valence-corrected chi connectivity index (χ1v) is 10.4. The second-order valence-corrected chi connectivity index (χ2v) is 7.77. The number of fused-ring (bicyclic) bond motifs is 3. The van der Waals surface area contributed by atoms with E-state index in [0.29, 0.717) is 11.8 Å². The summed E-state index contributed by atoms with van der Waals surface area (Å²) >= 11 is 1.38. The van der Waals surface area contributed by atoms with E-state index in [1.165, 1.54) is 17.3 Å². The van der Waals surface area contributed by atoms with Crippen LogP contribution in [-0.4, -0.2) is 32.9 Å². The fourth-order valence-electron chi connectivity index (χ4n) is 3.23. The molecule has 1 N–H and O–H groups in total. The average Bonchev–Trinajstić information content (AvgIpc) is 3.14. The van der Waals surface area contributed by atoms with Crippen LogP contribution in [0.15, 0.2) is 53.7 Å². The molecule has 4 aromatic rings. The van der Waals surface area contributed by atoms with Crippen molar-refractivity contribution in [3.8, 4) is 5.75 Å². The average molecular weight is 407 g/mol. The molecule has 7 heteroatoms. The molecule has 0 radical (unpaired) electrons. The van der Waals surface area contributed by atoms with E-state index >= 15 is 0 Å². The van der Waals surface area contributed by atoms with Crippen LogP contribution >= 0.6 is 11.8 Å². The Labute approximate surface area is 173 Å². The largest absolute Gasteiger partial charge is 0.494 e. The van der Waals surface area contributed by atoms with Gasteiger partial charge in [-0.25, -0.2) is 0 Å². The first kappa shape index (κ1) is 19.3. The van der Waals surface area contributed by atoms with Crippen molar-refractivity contribution in [1.29, 1.82) is 0 Å². The van der Waals surface area contributed by atoms with Crippen LogP contribution in [0, 0.1) is 13.8 Å². The number of hydrogen-bond donors (Lipinski definition) is 1. The smallest absolute Gasteiger partial charge is 0.234 e. The number of thioether (sulfide) groups is 1. The number of benzene rings is 2. The number of carbonyl (C=O) groups is 1. The van der Waals surface area contributed by atoms with Crippen molar-refractivity contribution in [3.05, 3.63) is 59.7 Å². The molecule has 148 valence electrons. The van der Waals surface area contributed by atoms with Crippen LogP contribution in [0.2, 0.25) is 0 Å². The van der Waals surface area contributed by atoms with Gasteiger partial charge < -0.3 is 10.1 Å². The zero-order valence-electron chi connectivity index (χ0n) is 16.6. The molecule has 2 aromatic carbocycles. The second-order valence-electron chi connectivity index (χ2n) is 6.83. The van der Waals surface area contributed by atoms with Crippen molar-refractivity contribution in [2.24, 2.45) is 0 Å². The molecule has 29 heavy (non-hydrogen) atoms. The number of ether oxygens (including phenoxy) is 1. The highest BCUT2D eigenvalue weighted by Crippen LogP contribution is 2.26. The van der Waals surface area contributed by atoms with Crippen molar-refractivity contribution in [1.82, 2.24) is 14.6 Å². The van der Waals surface area contributed by atoms with E-state index in [1.807, 2.05) is 42.5 Å². The summed E-state index contributed by atoms with van der Waals surface area (Å²) in [7, 11) is 0. The minimum absolute atomic E-state index is 0.0935. The molecule has 0 bridgehead atoms. The van der Waals surface area contributed by atoms with Gasteiger partial charge in [0.1, 0.15) is 5.75 Å². The molecule has 1 amide bonds. The maximum atomic E-state index is 12.4. The monoisotopic (exact) mass is 406 g/mol. The number of anilines is 1. The lowest BCUT2D eigenvalue weighted by atomic mass is 10.1. The Hall–Kier alpha value is -3.06. The van der Waals surface area contributed by atoms with Gasteiger partial charge in [0.2, 0.25) is 5.91 Å². The summed E-state index contributed by atoms with van der Waals surface area (Å²) < 4.78 is 7.46. The molecule has 0 saturated heterocycles. The molecular formula is C22H22N4O2S. The Balaban J connectivity index is 1.53. The predicted molar refractivity (Wildman–Crippen MR) is 117 cm³/mol. The maximum Gasteiger partial charge on any atom is 0.234 e. The number of hydrogen-bond acceptors (Lipinski definition) is 5. The van der Waals surface area contributed by atoms with Gasteiger partial charge in [-0.2, -0.15) is 0 Å². The van der Waals surface area contributed by atoms with Gasteiger partial charge in [0.05, 0.1) is 17.9 Å². The maximum absolute atomic E-state index is 12.4. The standard InChI is InChI=1S/C22H22N4O2S/c1-4-28-18-9-7-17(8-10-18)23-20(27)13-29-22-25-24-21-15(3)12-16-6-5-14(2)11-19(16)26(21)22/h5-12H,4,13H2,1-3H3,(H,23,27). The Morgan fingerprint density at radius 1 is 1.10 bits per heavy atom. The van der Waals surface area contributed by atoms with Gasteiger partial charge in [-0.05, 0) is 73.7 Å². The number of carbonyl (C=O) groups excluding carboxylic acids is 1. The third-order valence-corrected chi connectivity index (χ3v) is 5.50. The number of nitrogens with one attached hydrogen (secondary N) is 1. The molecule has 2 aromatic heterocycles. The van der Waals surface area contributed by atoms with E-state index in [9.17, 15) is 4.79 Å². The molecular weight excluding hydrogens is 384 g/mol. The Kier molecular flexibility index (Phi) is 5.40. The lowest BCUT2D eigenvalue weighted by Gasteiger charge is -2.09. The quantitative estimate of drug-likeness (QED) is 0.473. The minimum Gasteiger partial charge on any atom is -0.494 e. The highest BCUT2D eigenvalue weighted by atomic mass is 32.2. The molecule has 0 aliphatic rings. The van der Waals surface area contributed by atoms with Crippen LogP contribution in [0.4, 0.5) is 5.69 Å². The van der Waals surface area contributed by atoms with Crippen molar-refractivity contribution in [3.63, 3.8) is 0 Å². The predicted octanol–water partition coefficient (Wildman–Crippen LogP) is 4.63. The second kappa shape index (κ2) is 8.13. The van der Waals surface area contributed by atoms with Crippen LogP contribution in [-0.2, 0) is 4.79 Å². The van der Waals surface area contributed by atoms with E-state index in [0.717, 1.165) is 33.6 Å². The van der Waals surface area contributed by atoms with E-state index in [-0.39, 0.29) is 11.7 Å². The lowest BCUT2D eigenvalue weighted by molar-refractivity contribution is -0.113. The molecule has 2 heterocycles. The van der Waals surface area contributed by atoms with Gasteiger partial charge in [-0.1, -0.05) is 23.9 Å². The fourth-order valence-corrected chi connectivity index (χ4v) is 3.98. The number of aryl methyl sites for hydroxylation is 2. The summed E-state index contributed by atoms with van der Waals surface area (Å²) in [5.41, 5.74) is 4.82. The lowest BCUT2D eigenvalue weighted by Crippen LogP contribution is -2.14. The van der Waals surface area contributed by atoms with E-state index in [2.05, 4.69) is 46.7 Å². The number of aromatic nitrogens is 3. The van der Waals surface area contributed by atoms with Crippen molar-refractivity contribution in [2.45, 2.75) is 25.9 Å². The number of amides is 1. The molecule has 0 aliphatic heterocycles. The molecule has 0 fully saturated rings. The number of nitrogens with zero attached hydrogens (tertiary/aromatic N) is 3. The summed E-state index contributed by atoms with van der Waals surface area (Å²) in [4.78, 5) is 12.4. The highest BCUT2D eigenvalue weighted by Gasteiger charge is 2.14. The summed E-state index contributed by atoms with van der Waals surface area (Å²) in [6, 6.07) is 15.8. The first-order chi connectivity index (χ1) is 14.0. The van der Waals surface area contributed by atoms with Gasteiger partial charge in [-0.3, -0.25) is 9.20 Å². The van der Waals surface area contributed by atoms with Gasteiger partial charge in [-0.15, -0.1) is 10.2 Å². The Bertz CT molecular complexity index is 1190. The van der Waals surface area contributed by atoms with E-state index < -0.39 is 0 Å². The molecule has 0 atom stereocenters. The molecule has 0 spiro atoms. The first-order valence-electron chi connectivity index (χ1n) is 9.46. The van der Waals surface area contributed by atoms with Gasteiger partial charge in [0, 0.05) is 5.69 Å². The van der Waals surface area contributed by atoms with Crippen LogP contribution in [0.5, 0.6) is 5.75 Å². The Morgan fingerprint density at radius 3 is 2.66 bits per heavy atom.